The van der Waals surface area contributed by atoms with Gasteiger partial charge >= 0.3 is 12.1 Å². The number of nitrogens with zero attached hydrogens (tertiary/aromatic N) is 1. The molecule has 1 atom stereocenters. The molecular weight excluding hydrogens is 382 g/mol. The summed E-state index contributed by atoms with van der Waals surface area (Å²) in [5.41, 5.74) is 2.69. The maximum Gasteiger partial charge on any atom is 0.421 e. The van der Waals surface area contributed by atoms with Gasteiger partial charge < -0.3 is 14.2 Å². The van der Waals surface area contributed by atoms with Crippen LogP contribution in [0.15, 0.2) is 66.4 Å². The second kappa shape index (κ2) is 8.45. The molecule has 0 fully saturated rings. The van der Waals surface area contributed by atoms with Crippen LogP contribution in [0.2, 0.25) is 0 Å². The molecule has 6 heteroatoms. The summed E-state index contributed by atoms with van der Waals surface area (Å²) in [6.45, 7) is 4.03. The van der Waals surface area contributed by atoms with Gasteiger partial charge in [0.05, 0.1) is 24.8 Å². The number of carbonyl (C=O) groups is 2. The summed E-state index contributed by atoms with van der Waals surface area (Å²) in [6.07, 6.45) is 1.32. The Kier molecular flexibility index (Phi) is 5.57. The van der Waals surface area contributed by atoms with E-state index in [1.807, 2.05) is 54.6 Å². The van der Waals surface area contributed by atoms with E-state index >= 15 is 0 Å². The summed E-state index contributed by atoms with van der Waals surface area (Å²) in [4.78, 5) is 24.9. The van der Waals surface area contributed by atoms with Gasteiger partial charge in [-0.2, -0.15) is 0 Å². The van der Waals surface area contributed by atoms with Gasteiger partial charge in [0.25, 0.3) is 0 Å². The zero-order valence-corrected chi connectivity index (χ0v) is 17.0. The molecule has 0 amide bonds. The first-order chi connectivity index (χ1) is 14.6. The first-order valence-electron chi connectivity index (χ1n) is 10.0. The van der Waals surface area contributed by atoms with E-state index in [9.17, 15) is 9.59 Å². The van der Waals surface area contributed by atoms with Gasteiger partial charge in [-0.1, -0.05) is 48.5 Å². The van der Waals surface area contributed by atoms with Crippen molar-refractivity contribution < 1.29 is 23.8 Å². The van der Waals surface area contributed by atoms with Crippen LogP contribution in [-0.4, -0.2) is 29.8 Å². The Morgan fingerprint density at radius 2 is 1.73 bits per heavy atom. The third kappa shape index (κ3) is 3.56. The minimum atomic E-state index is -0.515. The SMILES string of the molecule is CCOC(=O)/C=C1\C[C@H](c2ccccc2)c2c(n(C(=O)OCC)c3ccccc23)O1. The summed E-state index contributed by atoms with van der Waals surface area (Å²) < 4.78 is 17.9. The molecule has 0 saturated heterocycles. The number of allylic oxidation sites excluding steroid dienone is 1. The lowest BCUT2D eigenvalue weighted by Crippen LogP contribution is -2.20. The Hall–Kier alpha value is -3.54. The smallest absolute Gasteiger partial charge is 0.421 e. The van der Waals surface area contributed by atoms with Gasteiger partial charge in [-0.3, -0.25) is 0 Å². The molecule has 2 aromatic carbocycles. The number of carbonyl (C=O) groups excluding carboxylic acids is 2. The van der Waals surface area contributed by atoms with E-state index in [-0.39, 0.29) is 19.1 Å². The molecule has 6 nitrogen and oxygen atoms in total. The summed E-state index contributed by atoms with van der Waals surface area (Å²) >= 11 is 0. The molecule has 0 radical (unpaired) electrons. The normalized spacial score (nSPS) is 16.7. The molecular formula is C24H23NO5. The third-order valence-electron chi connectivity index (χ3n) is 5.07. The number of aromatic nitrogens is 1. The second-order valence-electron chi connectivity index (χ2n) is 6.90. The summed E-state index contributed by atoms with van der Waals surface area (Å²) in [5, 5.41) is 0.921. The van der Waals surface area contributed by atoms with Crippen molar-refractivity contribution in [2.45, 2.75) is 26.2 Å². The van der Waals surface area contributed by atoms with E-state index in [0.29, 0.717) is 23.6 Å². The van der Waals surface area contributed by atoms with Crippen LogP contribution in [0.5, 0.6) is 5.88 Å². The van der Waals surface area contributed by atoms with Crippen molar-refractivity contribution in [2.75, 3.05) is 13.2 Å². The largest absolute Gasteiger partial charge is 0.463 e. The Labute approximate surface area is 174 Å². The zero-order valence-electron chi connectivity index (χ0n) is 17.0. The van der Waals surface area contributed by atoms with Crippen LogP contribution >= 0.6 is 0 Å². The minimum Gasteiger partial charge on any atom is -0.463 e. The second-order valence-corrected chi connectivity index (χ2v) is 6.90. The number of hydrogen-bond acceptors (Lipinski definition) is 5. The predicted octanol–water partition coefficient (Wildman–Crippen LogP) is 5.01. The highest BCUT2D eigenvalue weighted by molar-refractivity contribution is 5.96. The van der Waals surface area contributed by atoms with Crippen molar-refractivity contribution in [2.24, 2.45) is 0 Å². The fraction of sp³-hybridized carbons (Fsp3) is 0.250. The molecule has 0 aliphatic carbocycles. The average Bonchev–Trinajstić information content (AvgIpc) is 3.08. The van der Waals surface area contributed by atoms with Crippen molar-refractivity contribution >= 4 is 23.0 Å². The van der Waals surface area contributed by atoms with Crippen LogP contribution in [0.4, 0.5) is 4.79 Å². The van der Waals surface area contributed by atoms with Gasteiger partial charge in [0.2, 0.25) is 5.88 Å². The number of para-hydroxylation sites is 1. The molecule has 0 saturated carbocycles. The standard InChI is InChI=1S/C24H23NO5/c1-3-28-21(26)15-17-14-19(16-10-6-5-7-11-16)22-18-12-8-9-13-20(18)25(23(22)30-17)24(27)29-4-2/h5-13,15,19H,3-4,14H2,1-2H3/b17-15+/t19-/m1/s1. The molecule has 3 aromatic rings. The Morgan fingerprint density at radius 1 is 1.03 bits per heavy atom. The molecule has 4 rings (SSSR count). The lowest BCUT2D eigenvalue weighted by Gasteiger charge is -2.26. The van der Waals surface area contributed by atoms with Crippen LogP contribution < -0.4 is 4.74 Å². The first kappa shape index (κ1) is 19.8. The monoisotopic (exact) mass is 405 g/mol. The van der Waals surface area contributed by atoms with Gasteiger partial charge in [0.1, 0.15) is 5.76 Å². The molecule has 154 valence electrons. The van der Waals surface area contributed by atoms with Crippen LogP contribution in [-0.2, 0) is 14.3 Å². The predicted molar refractivity (Wildman–Crippen MR) is 113 cm³/mol. The number of esters is 1. The van der Waals surface area contributed by atoms with Gasteiger partial charge in [-0.25, -0.2) is 14.2 Å². The highest BCUT2D eigenvalue weighted by Crippen LogP contribution is 2.47. The maximum atomic E-state index is 12.8. The Morgan fingerprint density at radius 3 is 2.47 bits per heavy atom. The molecule has 1 aromatic heterocycles. The highest BCUT2D eigenvalue weighted by Gasteiger charge is 2.35. The van der Waals surface area contributed by atoms with Gasteiger partial charge in [-0.15, -0.1) is 0 Å². The number of benzene rings is 2. The topological polar surface area (TPSA) is 66.8 Å². The number of rotatable bonds is 4. The third-order valence-corrected chi connectivity index (χ3v) is 5.07. The number of fused-ring (bicyclic) bond motifs is 3. The minimum absolute atomic E-state index is 0.0868. The summed E-state index contributed by atoms with van der Waals surface area (Å²) in [5.74, 6) is 0.270. The van der Waals surface area contributed by atoms with Crippen LogP contribution in [0.1, 0.15) is 37.3 Å². The van der Waals surface area contributed by atoms with Crippen LogP contribution in [0, 0.1) is 0 Å². The molecule has 1 aliphatic rings. The van der Waals surface area contributed by atoms with Crippen LogP contribution in [0.25, 0.3) is 10.9 Å². The van der Waals surface area contributed by atoms with E-state index in [2.05, 4.69) is 0 Å². The van der Waals surface area contributed by atoms with E-state index in [0.717, 1.165) is 16.5 Å². The average molecular weight is 405 g/mol. The molecule has 0 spiro atoms. The van der Waals surface area contributed by atoms with Gasteiger partial charge in [-0.05, 0) is 25.5 Å². The van der Waals surface area contributed by atoms with E-state index in [4.69, 9.17) is 14.2 Å². The zero-order chi connectivity index (χ0) is 21.1. The van der Waals surface area contributed by atoms with E-state index in [1.165, 1.54) is 10.6 Å². The van der Waals surface area contributed by atoms with Crippen molar-refractivity contribution in [3.05, 3.63) is 77.6 Å². The van der Waals surface area contributed by atoms with E-state index in [1.54, 1.807) is 13.8 Å². The molecule has 30 heavy (non-hydrogen) atoms. The Balaban J connectivity index is 1.94. The van der Waals surface area contributed by atoms with Gasteiger partial charge in [0.15, 0.2) is 0 Å². The van der Waals surface area contributed by atoms with Crippen molar-refractivity contribution in [3.8, 4) is 5.88 Å². The fourth-order valence-electron chi connectivity index (χ4n) is 3.89. The molecule has 0 bridgehead atoms. The fourth-order valence-corrected chi connectivity index (χ4v) is 3.89. The van der Waals surface area contributed by atoms with Crippen molar-refractivity contribution in [1.82, 2.24) is 4.57 Å². The van der Waals surface area contributed by atoms with Crippen molar-refractivity contribution in [3.63, 3.8) is 0 Å². The highest BCUT2D eigenvalue weighted by atomic mass is 16.6. The Bertz CT molecular complexity index is 1110. The lowest BCUT2D eigenvalue weighted by molar-refractivity contribution is -0.137. The van der Waals surface area contributed by atoms with E-state index < -0.39 is 12.1 Å². The number of ether oxygens (including phenoxy) is 3. The number of hydrogen-bond donors (Lipinski definition) is 0. The quantitative estimate of drug-likeness (QED) is 0.451. The van der Waals surface area contributed by atoms with Crippen molar-refractivity contribution in [1.29, 1.82) is 0 Å². The lowest BCUT2D eigenvalue weighted by atomic mass is 9.86. The molecule has 0 unspecified atom stereocenters. The summed E-state index contributed by atoms with van der Waals surface area (Å²) in [6, 6.07) is 17.6. The molecule has 0 N–H and O–H groups in total. The summed E-state index contributed by atoms with van der Waals surface area (Å²) in [7, 11) is 0. The van der Waals surface area contributed by atoms with Crippen LogP contribution in [0.3, 0.4) is 0 Å². The molecule has 2 heterocycles. The maximum absolute atomic E-state index is 12.8. The first-order valence-corrected chi connectivity index (χ1v) is 10.0. The van der Waals surface area contributed by atoms with Gasteiger partial charge in [0, 0.05) is 23.3 Å². The molecule has 1 aliphatic heterocycles.